The molecule has 5 nitrogen and oxygen atoms in total. The van der Waals surface area contributed by atoms with E-state index < -0.39 is 39.6 Å². The third-order valence-corrected chi connectivity index (χ3v) is 20.0. The smallest absolute Gasteiger partial charge is 0.342 e. The fourth-order valence-electron chi connectivity index (χ4n) is 2.35. The van der Waals surface area contributed by atoms with Gasteiger partial charge in [0.25, 0.3) is 0 Å². The molecule has 1 aliphatic heterocycles. The van der Waals surface area contributed by atoms with E-state index in [0.717, 1.165) is 0 Å². The monoisotopic (exact) mass is 339 g/mol. The normalized spacial score (nSPS) is 31.2. The van der Waals surface area contributed by atoms with E-state index in [9.17, 15) is 5.11 Å². The van der Waals surface area contributed by atoms with E-state index in [1.54, 1.807) is 0 Å². The van der Waals surface area contributed by atoms with Crippen molar-refractivity contribution in [3.8, 4) is 0 Å². The van der Waals surface area contributed by atoms with Crippen molar-refractivity contribution in [2.45, 2.75) is 51.2 Å². The van der Waals surface area contributed by atoms with Gasteiger partial charge in [0.2, 0.25) is 0 Å². The molecule has 1 N–H and O–H groups in total. The van der Waals surface area contributed by atoms with Crippen LogP contribution >= 0.6 is 0 Å². The summed E-state index contributed by atoms with van der Waals surface area (Å²) in [5, 5.41) is 9.12. The van der Waals surface area contributed by atoms with Gasteiger partial charge in [-0.1, -0.05) is 0 Å². The first kappa shape index (κ1) is 16.9. The van der Waals surface area contributed by atoms with Gasteiger partial charge in [-0.15, -0.1) is 0 Å². The van der Waals surface area contributed by atoms with Gasteiger partial charge in [-0.25, -0.2) is 0 Å². The highest BCUT2D eigenvalue weighted by molar-refractivity contribution is 6.94. The van der Waals surface area contributed by atoms with Gasteiger partial charge in [-0.3, -0.25) is 0 Å². The zero-order valence-corrected chi connectivity index (χ0v) is 17.2. The number of rotatable bonds is 1. The first-order valence-electron chi connectivity index (χ1n) is 5.97. The molecule has 1 fully saturated rings. The first-order valence-corrected chi connectivity index (χ1v) is 17.4. The Kier molecular flexibility index (Phi) is 4.72. The van der Waals surface area contributed by atoms with Crippen molar-refractivity contribution in [1.82, 2.24) is 0 Å². The molecule has 105 valence electrons. The molecule has 1 unspecified atom stereocenters. The van der Waals surface area contributed by atoms with Crippen molar-refractivity contribution in [3.05, 3.63) is 0 Å². The Hall–Kier alpha value is 0.884. The quantitative estimate of drug-likeness (QED) is 0.729. The van der Waals surface area contributed by atoms with Crippen molar-refractivity contribution >= 4 is 44.5 Å². The Bertz CT molecular complexity index is 297. The van der Waals surface area contributed by atoms with Gasteiger partial charge in [0.15, 0.2) is 0 Å². The fourth-order valence-corrected chi connectivity index (χ4v) is 23.8. The third-order valence-electron chi connectivity index (χ3n) is 2.38. The maximum absolute atomic E-state index is 9.92. The Morgan fingerprint density at radius 2 is 1.00 bits per heavy atom. The van der Waals surface area contributed by atoms with Crippen LogP contribution in [0.1, 0.15) is 0 Å². The second-order valence-electron chi connectivity index (χ2n) is 6.03. The molecule has 0 aromatic rings. The van der Waals surface area contributed by atoms with E-state index >= 15 is 0 Å². The molecule has 0 saturated carbocycles. The number of hydrogen-bond acceptors (Lipinski definition) is 5. The molecule has 1 saturated heterocycles. The van der Waals surface area contributed by atoms with Gasteiger partial charge in [-0.05, 0) is 45.8 Å². The number of hydrogen-bond donors (Lipinski definition) is 1. The molecular weight excluding hydrogens is 317 g/mol. The van der Waals surface area contributed by atoms with Gasteiger partial charge >= 0.3 is 34.2 Å². The topological polar surface area (TPSA) is 57.2 Å². The fraction of sp³-hybridized carbons (Fsp3) is 1.00. The molecule has 10 heteroatoms. The van der Waals surface area contributed by atoms with E-state index in [2.05, 4.69) is 10.2 Å². The molecule has 0 bridgehead atoms. The summed E-state index contributed by atoms with van der Waals surface area (Å²) in [7, 11) is -6.49. The molecule has 0 aromatic carbocycles. The lowest BCUT2D eigenvalue weighted by molar-refractivity contribution is 0.193. The predicted molar refractivity (Wildman–Crippen MR) is 80.2 cm³/mol. The minimum atomic E-state index is -2.77. The lowest BCUT2D eigenvalue weighted by Gasteiger charge is -2.48. The summed E-state index contributed by atoms with van der Waals surface area (Å²) in [5.74, 6) is 0. The Morgan fingerprint density at radius 3 is 1.28 bits per heavy atom. The van der Waals surface area contributed by atoms with Crippen LogP contribution in [-0.2, 0) is 16.5 Å². The molecule has 1 atom stereocenters. The summed E-state index contributed by atoms with van der Waals surface area (Å²) in [6.45, 7) is 13.7. The van der Waals surface area contributed by atoms with Crippen LogP contribution in [0.4, 0.5) is 0 Å². The van der Waals surface area contributed by atoms with Crippen LogP contribution in [0.5, 0.6) is 0 Å². The van der Waals surface area contributed by atoms with Crippen LogP contribution in [0, 0.1) is 0 Å². The highest BCUT2D eigenvalue weighted by atomic mass is 28.5. The average molecular weight is 340 g/mol. The van der Waals surface area contributed by atoms with Crippen molar-refractivity contribution in [1.29, 1.82) is 0 Å². The Morgan fingerprint density at radius 1 is 0.722 bits per heavy atom. The standard InChI is InChI=1S/C8H23O5Si5/c1-15(2)10-16(3,4)12-18(7,8(9)14)13-17(5,6)11-15/h8-9H,1-7H3. The Balaban J connectivity index is 3.10. The maximum Gasteiger partial charge on any atom is 0.342 e. The van der Waals surface area contributed by atoms with Crippen LogP contribution in [0.15, 0.2) is 0 Å². The van der Waals surface area contributed by atoms with Crippen LogP contribution in [0.3, 0.4) is 0 Å². The number of aliphatic hydroxyl groups is 1. The van der Waals surface area contributed by atoms with E-state index in [1.165, 1.54) is 0 Å². The molecule has 0 aromatic heterocycles. The minimum Gasteiger partial charge on any atom is -0.416 e. The predicted octanol–water partition coefficient (Wildman–Crippen LogP) is 1.27. The summed E-state index contributed by atoms with van der Waals surface area (Å²) in [4.78, 5) is 0. The van der Waals surface area contributed by atoms with Gasteiger partial charge in [0.05, 0.1) is 15.6 Å². The molecule has 18 heavy (non-hydrogen) atoms. The van der Waals surface area contributed by atoms with Gasteiger partial charge in [0, 0.05) is 0 Å². The van der Waals surface area contributed by atoms with E-state index in [4.69, 9.17) is 16.5 Å². The molecule has 3 radical (unpaired) electrons. The maximum atomic E-state index is 9.92. The van der Waals surface area contributed by atoms with Crippen LogP contribution in [-0.4, -0.2) is 54.9 Å². The average Bonchev–Trinajstić information content (AvgIpc) is 1.92. The molecule has 0 aliphatic carbocycles. The van der Waals surface area contributed by atoms with E-state index in [1.807, 2.05) is 45.8 Å². The molecule has 1 rings (SSSR count). The van der Waals surface area contributed by atoms with Crippen molar-refractivity contribution in [3.63, 3.8) is 0 Å². The minimum absolute atomic E-state index is 0.800. The molecular formula is C8H23O5Si5. The van der Waals surface area contributed by atoms with E-state index in [0.29, 0.717) is 0 Å². The summed E-state index contributed by atoms with van der Waals surface area (Å²) in [6.07, 6.45) is 0. The summed E-state index contributed by atoms with van der Waals surface area (Å²) >= 11 is 0. The van der Waals surface area contributed by atoms with Crippen LogP contribution in [0.2, 0.25) is 45.8 Å². The highest BCUT2D eigenvalue weighted by Crippen LogP contribution is 2.31. The highest BCUT2D eigenvalue weighted by Gasteiger charge is 2.54. The van der Waals surface area contributed by atoms with Crippen LogP contribution < -0.4 is 0 Å². The lowest BCUT2D eigenvalue weighted by atomic mass is 11.6. The summed E-state index contributed by atoms with van der Waals surface area (Å²) in [5.41, 5.74) is 0. The zero-order chi connectivity index (χ0) is 14.4. The zero-order valence-electron chi connectivity index (χ0n) is 12.2. The molecule has 1 aliphatic rings. The van der Waals surface area contributed by atoms with Crippen LogP contribution in [0.25, 0.3) is 0 Å². The molecule has 0 amide bonds. The third kappa shape index (κ3) is 4.47. The largest absolute Gasteiger partial charge is 0.416 e. The second kappa shape index (κ2) is 5.02. The van der Waals surface area contributed by atoms with Crippen molar-refractivity contribution < 1.29 is 21.6 Å². The number of aliphatic hydroxyl groups excluding tert-OH is 1. The van der Waals surface area contributed by atoms with Crippen molar-refractivity contribution in [2.24, 2.45) is 0 Å². The van der Waals surface area contributed by atoms with Gasteiger partial charge in [0.1, 0.15) is 0 Å². The summed E-state index contributed by atoms with van der Waals surface area (Å²) < 4.78 is 24.5. The molecule has 1 heterocycles. The van der Waals surface area contributed by atoms with E-state index in [-0.39, 0.29) is 0 Å². The SMILES string of the molecule is C[Si]1(C)O[Si](C)(C)O[Si](C)(C(O)[Si])O[Si](C)(C)O1. The second-order valence-corrected chi connectivity index (χ2v) is 21.4. The molecule has 0 spiro atoms. The van der Waals surface area contributed by atoms with Gasteiger partial charge < -0.3 is 21.6 Å². The summed E-state index contributed by atoms with van der Waals surface area (Å²) in [6, 6.07) is 0. The van der Waals surface area contributed by atoms with Gasteiger partial charge in [-0.2, -0.15) is 0 Å². The lowest BCUT2D eigenvalue weighted by Crippen LogP contribution is -2.68. The Labute approximate surface area is 117 Å². The van der Waals surface area contributed by atoms with Crippen molar-refractivity contribution in [2.75, 3.05) is 0 Å². The first-order chi connectivity index (χ1) is 7.77.